The number of rotatable bonds is 7. The van der Waals surface area contributed by atoms with Crippen molar-refractivity contribution < 1.29 is 23.0 Å². The van der Waals surface area contributed by atoms with Crippen molar-refractivity contribution in [3.63, 3.8) is 0 Å². The van der Waals surface area contributed by atoms with Gasteiger partial charge in [-0.1, -0.05) is 29.8 Å². The van der Waals surface area contributed by atoms with Crippen LogP contribution >= 0.6 is 0 Å². The first kappa shape index (κ1) is 19.5. The standard InChI is InChI=1S/C19H22F2N2O3/c1-12-4-9-17(25-3)16(10-12)13(2)23-19(24)22-11-14-5-7-15(8-6-14)26-18(20)21/h4-10,13,18H,11H2,1-3H3,(H2,22,23,24). The predicted molar refractivity (Wildman–Crippen MR) is 94.6 cm³/mol. The number of carbonyl (C=O) groups excluding carboxylic acids is 1. The van der Waals surface area contributed by atoms with Crippen molar-refractivity contribution in [1.29, 1.82) is 0 Å². The van der Waals surface area contributed by atoms with E-state index in [1.807, 2.05) is 32.0 Å². The number of methoxy groups -OCH3 is 1. The molecule has 2 aromatic carbocycles. The van der Waals surface area contributed by atoms with Crippen molar-refractivity contribution >= 4 is 6.03 Å². The molecule has 140 valence electrons. The summed E-state index contributed by atoms with van der Waals surface area (Å²) in [6, 6.07) is 11.3. The molecule has 0 saturated heterocycles. The molecule has 0 aliphatic rings. The van der Waals surface area contributed by atoms with Gasteiger partial charge in [-0.15, -0.1) is 0 Å². The maximum absolute atomic E-state index is 12.1. The molecule has 0 aromatic heterocycles. The van der Waals surface area contributed by atoms with Gasteiger partial charge >= 0.3 is 12.6 Å². The molecule has 2 aromatic rings. The van der Waals surface area contributed by atoms with Gasteiger partial charge in [0.2, 0.25) is 0 Å². The molecule has 0 fully saturated rings. The van der Waals surface area contributed by atoms with Gasteiger partial charge in [0.15, 0.2) is 0 Å². The summed E-state index contributed by atoms with van der Waals surface area (Å²) in [4.78, 5) is 12.1. The van der Waals surface area contributed by atoms with E-state index in [9.17, 15) is 13.6 Å². The van der Waals surface area contributed by atoms with E-state index in [1.165, 1.54) is 12.1 Å². The van der Waals surface area contributed by atoms with E-state index >= 15 is 0 Å². The third-order valence-electron chi connectivity index (χ3n) is 3.80. The van der Waals surface area contributed by atoms with Gasteiger partial charge in [0.25, 0.3) is 0 Å². The van der Waals surface area contributed by atoms with Crippen molar-refractivity contribution in [2.45, 2.75) is 33.0 Å². The highest BCUT2D eigenvalue weighted by Gasteiger charge is 2.14. The number of aryl methyl sites for hydroxylation is 1. The highest BCUT2D eigenvalue weighted by atomic mass is 19.3. The smallest absolute Gasteiger partial charge is 0.387 e. The van der Waals surface area contributed by atoms with Crippen molar-refractivity contribution in [2.75, 3.05) is 7.11 Å². The Morgan fingerprint density at radius 1 is 1.15 bits per heavy atom. The summed E-state index contributed by atoms with van der Waals surface area (Å²) in [6.07, 6.45) is 0. The van der Waals surface area contributed by atoms with Gasteiger partial charge in [-0.05, 0) is 37.6 Å². The van der Waals surface area contributed by atoms with Crippen LogP contribution in [-0.2, 0) is 6.54 Å². The summed E-state index contributed by atoms with van der Waals surface area (Å²) in [6.45, 7) is 1.24. The van der Waals surface area contributed by atoms with Crippen molar-refractivity contribution in [2.24, 2.45) is 0 Å². The molecule has 1 unspecified atom stereocenters. The molecule has 0 aliphatic heterocycles. The predicted octanol–water partition coefficient (Wildman–Crippen LogP) is 4.17. The normalized spacial score (nSPS) is 11.8. The van der Waals surface area contributed by atoms with Gasteiger partial charge in [0, 0.05) is 12.1 Å². The molecule has 0 bridgehead atoms. The van der Waals surface area contributed by atoms with Crippen LogP contribution in [0.4, 0.5) is 13.6 Å². The van der Waals surface area contributed by atoms with Crippen LogP contribution in [0.25, 0.3) is 0 Å². The van der Waals surface area contributed by atoms with Crippen LogP contribution < -0.4 is 20.1 Å². The molecule has 7 heteroatoms. The minimum absolute atomic E-state index is 0.0772. The van der Waals surface area contributed by atoms with E-state index in [0.717, 1.165) is 16.7 Å². The molecule has 2 N–H and O–H groups in total. The van der Waals surface area contributed by atoms with Crippen LogP contribution in [0, 0.1) is 6.92 Å². The van der Waals surface area contributed by atoms with Gasteiger partial charge in [0.1, 0.15) is 11.5 Å². The van der Waals surface area contributed by atoms with Gasteiger partial charge in [-0.25, -0.2) is 4.79 Å². The maximum Gasteiger partial charge on any atom is 0.387 e. The van der Waals surface area contributed by atoms with Gasteiger partial charge in [-0.3, -0.25) is 0 Å². The lowest BCUT2D eigenvalue weighted by molar-refractivity contribution is -0.0498. The van der Waals surface area contributed by atoms with E-state index in [0.29, 0.717) is 5.75 Å². The Labute approximate surface area is 151 Å². The lowest BCUT2D eigenvalue weighted by atomic mass is 10.0. The zero-order valence-corrected chi connectivity index (χ0v) is 14.9. The number of hydrogen-bond donors (Lipinski definition) is 2. The third kappa shape index (κ3) is 5.61. The number of urea groups is 1. The van der Waals surface area contributed by atoms with Crippen LogP contribution in [0.2, 0.25) is 0 Å². The third-order valence-corrected chi connectivity index (χ3v) is 3.80. The zero-order valence-electron chi connectivity index (χ0n) is 14.9. The maximum atomic E-state index is 12.1. The molecular formula is C19H22F2N2O3. The van der Waals surface area contributed by atoms with Crippen LogP contribution in [-0.4, -0.2) is 19.8 Å². The fourth-order valence-corrected chi connectivity index (χ4v) is 2.49. The lowest BCUT2D eigenvalue weighted by Crippen LogP contribution is -2.36. The molecular weight excluding hydrogens is 342 g/mol. The number of carbonyl (C=O) groups is 1. The fraction of sp³-hybridized carbons (Fsp3) is 0.316. The summed E-state index contributed by atoms with van der Waals surface area (Å²) in [5.41, 5.74) is 2.72. The largest absolute Gasteiger partial charge is 0.496 e. The van der Waals surface area contributed by atoms with Crippen LogP contribution in [0.5, 0.6) is 11.5 Å². The van der Waals surface area contributed by atoms with Crippen LogP contribution in [0.15, 0.2) is 42.5 Å². The average Bonchev–Trinajstić information content (AvgIpc) is 2.60. The number of benzene rings is 2. The first-order valence-corrected chi connectivity index (χ1v) is 8.11. The lowest BCUT2D eigenvalue weighted by Gasteiger charge is -2.18. The Morgan fingerprint density at radius 2 is 1.85 bits per heavy atom. The van der Waals surface area contributed by atoms with E-state index < -0.39 is 6.61 Å². The zero-order chi connectivity index (χ0) is 19.1. The molecule has 0 spiro atoms. The molecule has 0 radical (unpaired) electrons. The Balaban J connectivity index is 1.89. The minimum atomic E-state index is -2.86. The fourth-order valence-electron chi connectivity index (χ4n) is 2.49. The van der Waals surface area contributed by atoms with E-state index in [2.05, 4.69) is 15.4 Å². The number of hydrogen-bond acceptors (Lipinski definition) is 3. The summed E-state index contributed by atoms with van der Waals surface area (Å²) < 4.78 is 33.9. The summed E-state index contributed by atoms with van der Waals surface area (Å²) in [7, 11) is 1.59. The number of amides is 2. The average molecular weight is 364 g/mol. The molecule has 0 heterocycles. The number of alkyl halides is 2. The minimum Gasteiger partial charge on any atom is -0.496 e. The second kappa shape index (κ2) is 9.03. The first-order valence-electron chi connectivity index (χ1n) is 8.11. The Morgan fingerprint density at radius 3 is 2.46 bits per heavy atom. The molecule has 1 atom stereocenters. The summed E-state index contributed by atoms with van der Waals surface area (Å²) in [5, 5.41) is 5.58. The Kier molecular flexibility index (Phi) is 6.77. The van der Waals surface area contributed by atoms with Gasteiger partial charge in [0.05, 0.1) is 13.2 Å². The Bertz CT molecular complexity index is 736. The van der Waals surface area contributed by atoms with Gasteiger partial charge < -0.3 is 20.1 Å². The topological polar surface area (TPSA) is 59.6 Å². The molecule has 0 aliphatic carbocycles. The monoisotopic (exact) mass is 364 g/mol. The molecule has 2 amide bonds. The van der Waals surface area contributed by atoms with Crippen molar-refractivity contribution in [3.05, 3.63) is 59.2 Å². The second-order valence-electron chi connectivity index (χ2n) is 5.82. The van der Waals surface area contributed by atoms with Crippen molar-refractivity contribution in [3.8, 4) is 11.5 Å². The summed E-state index contributed by atoms with van der Waals surface area (Å²) >= 11 is 0. The second-order valence-corrected chi connectivity index (χ2v) is 5.82. The molecule has 5 nitrogen and oxygen atoms in total. The van der Waals surface area contributed by atoms with Crippen LogP contribution in [0.3, 0.4) is 0 Å². The van der Waals surface area contributed by atoms with E-state index in [1.54, 1.807) is 19.2 Å². The van der Waals surface area contributed by atoms with E-state index in [4.69, 9.17) is 4.74 Å². The molecule has 26 heavy (non-hydrogen) atoms. The van der Waals surface area contributed by atoms with Crippen LogP contribution in [0.1, 0.15) is 29.7 Å². The molecule has 2 rings (SSSR count). The number of ether oxygens (including phenoxy) is 2. The van der Waals surface area contributed by atoms with E-state index in [-0.39, 0.29) is 24.4 Å². The SMILES string of the molecule is COc1ccc(C)cc1C(C)NC(=O)NCc1ccc(OC(F)F)cc1. The summed E-state index contributed by atoms with van der Waals surface area (Å²) in [5.74, 6) is 0.784. The van der Waals surface area contributed by atoms with Crippen molar-refractivity contribution in [1.82, 2.24) is 10.6 Å². The highest BCUT2D eigenvalue weighted by Crippen LogP contribution is 2.26. The number of halogens is 2. The first-order chi connectivity index (χ1) is 12.4. The quantitative estimate of drug-likeness (QED) is 0.775. The number of nitrogens with one attached hydrogen (secondary N) is 2. The van der Waals surface area contributed by atoms with Gasteiger partial charge in [-0.2, -0.15) is 8.78 Å². The molecule has 0 saturated carbocycles. The highest BCUT2D eigenvalue weighted by molar-refractivity contribution is 5.74. The Hall–Kier alpha value is -2.83.